The van der Waals surface area contributed by atoms with Gasteiger partial charge in [-0.1, -0.05) is 32.4 Å². The first-order valence-corrected chi connectivity index (χ1v) is 8.28. The molecule has 0 N–H and O–H groups in total. The molecule has 116 valence electrons. The van der Waals surface area contributed by atoms with Gasteiger partial charge in [-0.05, 0) is 58.3 Å². The molecule has 2 heteroatoms. The Morgan fingerprint density at radius 2 is 1.90 bits per heavy atom. The van der Waals surface area contributed by atoms with Crippen LogP contribution in [0, 0.1) is 17.3 Å². The number of nitrogens with zero attached hydrogens (tertiary/aromatic N) is 1. The third kappa shape index (κ3) is 2.96. The molecular weight excluding hydrogens is 246 g/mol. The van der Waals surface area contributed by atoms with Gasteiger partial charge in [-0.15, -0.1) is 0 Å². The summed E-state index contributed by atoms with van der Waals surface area (Å²) in [7, 11) is 0. The molecular formula is C18H33NO. The van der Waals surface area contributed by atoms with Crippen LogP contribution >= 0.6 is 0 Å². The zero-order valence-electron chi connectivity index (χ0n) is 14.5. The molecule has 2 aliphatic rings. The van der Waals surface area contributed by atoms with Crippen molar-refractivity contribution in [1.29, 1.82) is 0 Å². The molecule has 0 aromatic carbocycles. The van der Waals surface area contributed by atoms with Crippen LogP contribution in [0.1, 0.15) is 67.7 Å². The van der Waals surface area contributed by atoms with E-state index in [1.165, 1.54) is 24.8 Å². The van der Waals surface area contributed by atoms with Crippen LogP contribution in [-0.4, -0.2) is 23.3 Å². The summed E-state index contributed by atoms with van der Waals surface area (Å²) in [5.74, 6) is 1.37. The Balaban J connectivity index is 2.21. The maximum atomic E-state index is 6.25. The van der Waals surface area contributed by atoms with E-state index in [2.05, 4.69) is 59.6 Å². The summed E-state index contributed by atoms with van der Waals surface area (Å²) in [6.07, 6.45) is 6.24. The first kappa shape index (κ1) is 16.0. The average Bonchev–Trinajstić information content (AvgIpc) is 2.59. The minimum absolute atomic E-state index is 0.0123. The lowest BCUT2D eigenvalue weighted by Crippen LogP contribution is -2.47. The summed E-state index contributed by atoms with van der Waals surface area (Å²) in [6.45, 7) is 17.1. The Kier molecular flexibility index (Phi) is 4.37. The number of hydroxylamine groups is 2. The van der Waals surface area contributed by atoms with Gasteiger partial charge in [0.05, 0.1) is 5.60 Å². The Hall–Kier alpha value is -0.340. The van der Waals surface area contributed by atoms with Gasteiger partial charge in [-0.3, -0.25) is 4.84 Å². The molecule has 0 aromatic rings. The number of hydrogen-bond acceptors (Lipinski definition) is 2. The highest BCUT2D eigenvalue weighted by Crippen LogP contribution is 2.53. The predicted molar refractivity (Wildman–Crippen MR) is 85.4 cm³/mol. The third-order valence-electron chi connectivity index (χ3n) is 5.42. The first-order chi connectivity index (χ1) is 9.18. The minimum Gasteiger partial charge on any atom is -0.292 e. The normalized spacial score (nSPS) is 40.5. The number of rotatable bonds is 3. The Morgan fingerprint density at radius 3 is 2.45 bits per heavy atom. The Labute approximate surface area is 125 Å². The molecule has 0 radical (unpaired) electrons. The van der Waals surface area contributed by atoms with Crippen molar-refractivity contribution >= 4 is 0 Å². The number of allylic oxidation sites excluding steroid dienone is 2. The van der Waals surface area contributed by atoms with Crippen LogP contribution in [0.4, 0.5) is 0 Å². The molecule has 0 aromatic heterocycles. The van der Waals surface area contributed by atoms with Crippen LogP contribution in [0.5, 0.6) is 0 Å². The van der Waals surface area contributed by atoms with Crippen molar-refractivity contribution in [1.82, 2.24) is 5.06 Å². The molecule has 1 unspecified atom stereocenters. The maximum Gasteiger partial charge on any atom is 0.0888 e. The van der Waals surface area contributed by atoms with Gasteiger partial charge >= 0.3 is 0 Å². The highest BCUT2D eigenvalue weighted by Gasteiger charge is 2.55. The summed E-state index contributed by atoms with van der Waals surface area (Å²) in [4.78, 5) is 6.25. The highest BCUT2D eigenvalue weighted by atomic mass is 16.7. The van der Waals surface area contributed by atoms with Crippen LogP contribution in [0.25, 0.3) is 0 Å². The van der Waals surface area contributed by atoms with Gasteiger partial charge in [-0.2, -0.15) is 5.06 Å². The Bertz CT molecular complexity index is 383. The lowest BCUT2D eigenvalue weighted by Gasteiger charge is -2.46. The summed E-state index contributed by atoms with van der Waals surface area (Å²) in [5.41, 5.74) is 1.86. The highest BCUT2D eigenvalue weighted by molar-refractivity contribution is 5.06. The molecule has 1 saturated heterocycles. The minimum atomic E-state index is -0.0123. The fourth-order valence-corrected chi connectivity index (χ4v) is 4.49. The maximum absolute atomic E-state index is 6.25. The van der Waals surface area contributed by atoms with E-state index in [0.717, 1.165) is 6.54 Å². The van der Waals surface area contributed by atoms with Gasteiger partial charge in [0.2, 0.25) is 0 Å². The van der Waals surface area contributed by atoms with Gasteiger partial charge in [0.1, 0.15) is 0 Å². The fraction of sp³-hybridized carbons (Fsp3) is 0.889. The van der Waals surface area contributed by atoms with Crippen LogP contribution in [-0.2, 0) is 4.84 Å². The summed E-state index contributed by atoms with van der Waals surface area (Å²) >= 11 is 0. The zero-order valence-corrected chi connectivity index (χ0v) is 14.5. The van der Waals surface area contributed by atoms with Crippen LogP contribution in [0.15, 0.2) is 11.6 Å². The second-order valence-electron chi connectivity index (χ2n) is 8.21. The van der Waals surface area contributed by atoms with Gasteiger partial charge in [0, 0.05) is 18.5 Å². The molecule has 2 nitrogen and oxygen atoms in total. The van der Waals surface area contributed by atoms with E-state index in [1.54, 1.807) is 0 Å². The van der Waals surface area contributed by atoms with Crippen LogP contribution in [0.3, 0.4) is 0 Å². The summed E-state index contributed by atoms with van der Waals surface area (Å²) < 4.78 is 0. The third-order valence-corrected chi connectivity index (χ3v) is 5.42. The quantitative estimate of drug-likeness (QED) is 0.687. The van der Waals surface area contributed by atoms with Gasteiger partial charge in [0.25, 0.3) is 0 Å². The molecule has 20 heavy (non-hydrogen) atoms. The second kappa shape index (κ2) is 5.46. The standard InChI is InChI=1S/C18H33NO/c1-8-19-16-14(4)11-18(7,10-9-13(2)3)12-15(16)17(5,6)20-19/h9,14-16H,8,10-12H2,1-7H3/t14?,15-,16-,18-/m1/s1. The van der Waals surface area contributed by atoms with Crippen molar-refractivity contribution in [2.45, 2.75) is 79.4 Å². The van der Waals surface area contributed by atoms with Gasteiger partial charge in [0.15, 0.2) is 0 Å². The smallest absolute Gasteiger partial charge is 0.0888 e. The molecule has 0 amide bonds. The van der Waals surface area contributed by atoms with Crippen molar-refractivity contribution in [2.75, 3.05) is 6.54 Å². The SMILES string of the molecule is CCN1OC(C)(C)[C@@H]2C[C@](C)(CC=C(C)C)CC(C)[C@H]21. The van der Waals surface area contributed by atoms with E-state index >= 15 is 0 Å². The predicted octanol–water partition coefficient (Wildman–Crippen LogP) is 4.81. The van der Waals surface area contributed by atoms with Gasteiger partial charge < -0.3 is 0 Å². The summed E-state index contributed by atoms with van der Waals surface area (Å²) in [6, 6.07) is 0.606. The van der Waals surface area contributed by atoms with Crippen molar-refractivity contribution in [3.05, 3.63) is 11.6 Å². The topological polar surface area (TPSA) is 12.5 Å². The second-order valence-corrected chi connectivity index (χ2v) is 8.21. The molecule has 4 atom stereocenters. The van der Waals surface area contributed by atoms with Gasteiger partial charge in [-0.25, -0.2) is 0 Å². The molecule has 0 spiro atoms. The monoisotopic (exact) mass is 279 g/mol. The van der Waals surface area contributed by atoms with E-state index < -0.39 is 0 Å². The van der Waals surface area contributed by atoms with E-state index in [0.29, 0.717) is 23.3 Å². The van der Waals surface area contributed by atoms with Crippen molar-refractivity contribution in [2.24, 2.45) is 17.3 Å². The van der Waals surface area contributed by atoms with E-state index in [9.17, 15) is 0 Å². The van der Waals surface area contributed by atoms with E-state index in [4.69, 9.17) is 4.84 Å². The van der Waals surface area contributed by atoms with Crippen molar-refractivity contribution < 1.29 is 4.84 Å². The summed E-state index contributed by atoms with van der Waals surface area (Å²) in [5, 5.41) is 2.26. The average molecular weight is 279 g/mol. The van der Waals surface area contributed by atoms with E-state index in [-0.39, 0.29) is 5.60 Å². The van der Waals surface area contributed by atoms with E-state index in [1.807, 2.05) is 0 Å². The largest absolute Gasteiger partial charge is 0.292 e. The van der Waals surface area contributed by atoms with Crippen molar-refractivity contribution in [3.63, 3.8) is 0 Å². The van der Waals surface area contributed by atoms with Crippen LogP contribution in [0.2, 0.25) is 0 Å². The number of hydrogen-bond donors (Lipinski definition) is 0. The van der Waals surface area contributed by atoms with Crippen molar-refractivity contribution in [3.8, 4) is 0 Å². The Morgan fingerprint density at radius 1 is 1.25 bits per heavy atom. The molecule has 2 fully saturated rings. The molecule has 1 aliphatic heterocycles. The molecule has 1 aliphatic carbocycles. The lowest BCUT2D eigenvalue weighted by atomic mass is 9.60. The zero-order chi connectivity index (χ0) is 15.1. The van der Waals surface area contributed by atoms with Crippen LogP contribution < -0.4 is 0 Å². The fourth-order valence-electron chi connectivity index (χ4n) is 4.49. The molecule has 1 saturated carbocycles. The molecule has 0 bridgehead atoms. The number of fused-ring (bicyclic) bond motifs is 1. The molecule has 1 heterocycles. The lowest BCUT2D eigenvalue weighted by molar-refractivity contribution is -0.196. The molecule has 2 rings (SSSR count). The first-order valence-electron chi connectivity index (χ1n) is 8.28.